The standard InChI is InChI=1S/C15H20N6O/c16-10-13-5-7-20(8-6-13)15(22)9-12-1-3-14(4-2-12)21-11-17-18-19-21/h1-4,11,13H,5-10,16H2. The second-order valence-electron chi connectivity index (χ2n) is 5.66. The molecular formula is C15H20N6O. The van der Waals surface area contributed by atoms with E-state index in [1.807, 2.05) is 29.2 Å². The van der Waals surface area contributed by atoms with E-state index in [2.05, 4.69) is 15.5 Å². The van der Waals surface area contributed by atoms with Crippen LogP contribution in [0.2, 0.25) is 0 Å². The fourth-order valence-corrected chi connectivity index (χ4v) is 2.75. The first-order chi connectivity index (χ1) is 10.8. The number of carbonyl (C=O) groups excluding carboxylic acids is 1. The van der Waals surface area contributed by atoms with Gasteiger partial charge in [-0.3, -0.25) is 4.79 Å². The van der Waals surface area contributed by atoms with E-state index in [-0.39, 0.29) is 5.91 Å². The molecule has 3 rings (SSSR count). The Labute approximate surface area is 129 Å². The van der Waals surface area contributed by atoms with Gasteiger partial charge in [0, 0.05) is 13.1 Å². The molecule has 1 aromatic carbocycles. The van der Waals surface area contributed by atoms with Crippen LogP contribution in [0.15, 0.2) is 30.6 Å². The van der Waals surface area contributed by atoms with Crippen molar-refractivity contribution < 1.29 is 4.79 Å². The van der Waals surface area contributed by atoms with Crippen molar-refractivity contribution in [3.05, 3.63) is 36.2 Å². The van der Waals surface area contributed by atoms with Crippen molar-refractivity contribution in [1.29, 1.82) is 0 Å². The van der Waals surface area contributed by atoms with Gasteiger partial charge in [-0.2, -0.15) is 0 Å². The molecule has 1 aliphatic heterocycles. The second kappa shape index (κ2) is 6.65. The Balaban J connectivity index is 1.58. The predicted octanol–water partition coefficient (Wildman–Crippen LogP) is 0.402. The van der Waals surface area contributed by atoms with Gasteiger partial charge in [0.2, 0.25) is 5.91 Å². The van der Waals surface area contributed by atoms with Crippen molar-refractivity contribution in [3.8, 4) is 5.69 Å². The van der Waals surface area contributed by atoms with Gasteiger partial charge in [-0.05, 0) is 53.4 Å². The third-order valence-electron chi connectivity index (χ3n) is 4.21. The Morgan fingerprint density at radius 2 is 1.95 bits per heavy atom. The van der Waals surface area contributed by atoms with Gasteiger partial charge in [0.25, 0.3) is 0 Å². The first kappa shape index (κ1) is 14.6. The van der Waals surface area contributed by atoms with Gasteiger partial charge in [-0.15, -0.1) is 5.10 Å². The van der Waals surface area contributed by atoms with Crippen LogP contribution in [0.3, 0.4) is 0 Å². The van der Waals surface area contributed by atoms with Crippen molar-refractivity contribution in [3.63, 3.8) is 0 Å². The van der Waals surface area contributed by atoms with Crippen LogP contribution in [0, 0.1) is 5.92 Å². The molecule has 1 aromatic heterocycles. The van der Waals surface area contributed by atoms with Gasteiger partial charge in [-0.1, -0.05) is 12.1 Å². The molecule has 2 heterocycles. The minimum absolute atomic E-state index is 0.186. The van der Waals surface area contributed by atoms with Crippen LogP contribution in [0.4, 0.5) is 0 Å². The minimum atomic E-state index is 0.186. The minimum Gasteiger partial charge on any atom is -0.342 e. The lowest BCUT2D eigenvalue weighted by Crippen LogP contribution is -2.40. The molecule has 116 valence electrons. The van der Waals surface area contributed by atoms with Crippen molar-refractivity contribution in [2.24, 2.45) is 11.7 Å². The number of aromatic nitrogens is 4. The maximum Gasteiger partial charge on any atom is 0.226 e. The average Bonchev–Trinajstić information content (AvgIpc) is 3.10. The Kier molecular flexibility index (Phi) is 4.43. The molecule has 0 radical (unpaired) electrons. The summed E-state index contributed by atoms with van der Waals surface area (Å²) in [5.74, 6) is 0.755. The summed E-state index contributed by atoms with van der Waals surface area (Å²) in [4.78, 5) is 14.3. The van der Waals surface area contributed by atoms with Crippen LogP contribution in [-0.4, -0.2) is 50.6 Å². The molecular weight excluding hydrogens is 280 g/mol. The number of piperidine rings is 1. The lowest BCUT2D eigenvalue weighted by atomic mass is 9.96. The van der Waals surface area contributed by atoms with Gasteiger partial charge in [0.15, 0.2) is 0 Å². The van der Waals surface area contributed by atoms with E-state index in [1.165, 1.54) is 0 Å². The third kappa shape index (κ3) is 3.30. The van der Waals surface area contributed by atoms with Crippen LogP contribution in [-0.2, 0) is 11.2 Å². The quantitative estimate of drug-likeness (QED) is 0.883. The van der Waals surface area contributed by atoms with Crippen molar-refractivity contribution in [2.45, 2.75) is 19.3 Å². The number of nitrogens with zero attached hydrogens (tertiary/aromatic N) is 5. The average molecular weight is 300 g/mol. The highest BCUT2D eigenvalue weighted by molar-refractivity contribution is 5.78. The second-order valence-corrected chi connectivity index (χ2v) is 5.66. The number of likely N-dealkylation sites (tertiary alicyclic amines) is 1. The number of carbonyl (C=O) groups is 1. The molecule has 0 spiro atoms. The molecule has 7 nitrogen and oxygen atoms in total. The summed E-state index contributed by atoms with van der Waals surface area (Å²) in [5, 5.41) is 11.0. The lowest BCUT2D eigenvalue weighted by molar-refractivity contribution is -0.131. The number of hydrogen-bond acceptors (Lipinski definition) is 5. The number of nitrogens with two attached hydrogens (primary N) is 1. The molecule has 2 N–H and O–H groups in total. The molecule has 0 saturated carbocycles. The molecule has 22 heavy (non-hydrogen) atoms. The number of amides is 1. The Hall–Kier alpha value is -2.28. The normalized spacial score (nSPS) is 16.0. The van der Waals surface area contributed by atoms with Gasteiger partial charge in [0.05, 0.1) is 12.1 Å². The van der Waals surface area contributed by atoms with Crippen molar-refractivity contribution in [2.75, 3.05) is 19.6 Å². The molecule has 1 amide bonds. The summed E-state index contributed by atoms with van der Waals surface area (Å²) >= 11 is 0. The lowest BCUT2D eigenvalue weighted by Gasteiger charge is -2.31. The predicted molar refractivity (Wildman–Crippen MR) is 81.2 cm³/mol. The molecule has 1 aliphatic rings. The summed E-state index contributed by atoms with van der Waals surface area (Å²) in [5.41, 5.74) is 7.57. The van der Waals surface area contributed by atoms with Crippen LogP contribution >= 0.6 is 0 Å². The summed E-state index contributed by atoms with van der Waals surface area (Å²) in [7, 11) is 0. The summed E-state index contributed by atoms with van der Waals surface area (Å²) in [6.07, 6.45) is 4.01. The zero-order chi connectivity index (χ0) is 15.4. The zero-order valence-corrected chi connectivity index (χ0v) is 12.4. The van der Waals surface area contributed by atoms with Crippen molar-refractivity contribution >= 4 is 5.91 Å². The first-order valence-corrected chi connectivity index (χ1v) is 7.56. The number of hydrogen-bond donors (Lipinski definition) is 1. The van der Waals surface area contributed by atoms with E-state index in [0.29, 0.717) is 12.3 Å². The Morgan fingerprint density at radius 3 is 2.55 bits per heavy atom. The maximum atomic E-state index is 12.3. The van der Waals surface area contributed by atoms with Crippen molar-refractivity contribution in [1.82, 2.24) is 25.1 Å². The molecule has 0 bridgehead atoms. The van der Waals surface area contributed by atoms with E-state index in [0.717, 1.165) is 43.7 Å². The van der Waals surface area contributed by atoms with Crippen LogP contribution in [0.25, 0.3) is 5.69 Å². The SMILES string of the molecule is NCC1CCN(C(=O)Cc2ccc(-n3cnnn3)cc2)CC1. The van der Waals surface area contributed by atoms with E-state index in [9.17, 15) is 4.79 Å². The zero-order valence-electron chi connectivity index (χ0n) is 12.4. The van der Waals surface area contributed by atoms with E-state index < -0.39 is 0 Å². The van der Waals surface area contributed by atoms with Crippen LogP contribution in [0.5, 0.6) is 0 Å². The van der Waals surface area contributed by atoms with E-state index >= 15 is 0 Å². The largest absolute Gasteiger partial charge is 0.342 e. The highest BCUT2D eigenvalue weighted by Crippen LogP contribution is 2.17. The van der Waals surface area contributed by atoms with Crippen LogP contribution < -0.4 is 5.73 Å². The fraction of sp³-hybridized carbons (Fsp3) is 0.467. The summed E-state index contributed by atoms with van der Waals surface area (Å²) in [6, 6.07) is 7.72. The van der Waals surface area contributed by atoms with Gasteiger partial charge in [-0.25, -0.2) is 4.68 Å². The first-order valence-electron chi connectivity index (χ1n) is 7.56. The van der Waals surface area contributed by atoms with Crippen LogP contribution in [0.1, 0.15) is 18.4 Å². The Morgan fingerprint density at radius 1 is 1.23 bits per heavy atom. The molecule has 1 saturated heterocycles. The molecule has 7 heteroatoms. The smallest absolute Gasteiger partial charge is 0.226 e. The molecule has 2 aromatic rings. The fourth-order valence-electron chi connectivity index (χ4n) is 2.75. The topological polar surface area (TPSA) is 89.9 Å². The highest BCUT2D eigenvalue weighted by atomic mass is 16.2. The molecule has 0 unspecified atom stereocenters. The molecule has 0 atom stereocenters. The summed E-state index contributed by atoms with van der Waals surface area (Å²) < 4.78 is 1.59. The highest BCUT2D eigenvalue weighted by Gasteiger charge is 2.21. The maximum absolute atomic E-state index is 12.3. The van der Waals surface area contributed by atoms with Gasteiger partial charge < -0.3 is 10.6 Å². The number of rotatable bonds is 4. The number of benzene rings is 1. The molecule has 0 aliphatic carbocycles. The summed E-state index contributed by atoms with van der Waals surface area (Å²) in [6.45, 7) is 2.37. The van der Waals surface area contributed by atoms with Gasteiger partial charge >= 0.3 is 0 Å². The number of tetrazole rings is 1. The van der Waals surface area contributed by atoms with E-state index in [1.54, 1.807) is 11.0 Å². The third-order valence-corrected chi connectivity index (χ3v) is 4.21. The monoisotopic (exact) mass is 300 g/mol. The van der Waals surface area contributed by atoms with Gasteiger partial charge in [0.1, 0.15) is 6.33 Å². The van der Waals surface area contributed by atoms with E-state index in [4.69, 9.17) is 5.73 Å². The molecule has 1 fully saturated rings. The Bertz CT molecular complexity index is 601.